The molecule has 0 unspecified atom stereocenters. The van der Waals surface area contributed by atoms with Crippen LogP contribution in [-0.2, 0) is 0 Å². The van der Waals surface area contributed by atoms with Gasteiger partial charge >= 0.3 is 5.69 Å². The maximum absolute atomic E-state index is 13.6. The molecule has 6 nitrogen and oxygen atoms in total. The van der Waals surface area contributed by atoms with Crippen molar-refractivity contribution < 1.29 is 13.7 Å². The monoisotopic (exact) mass is 344 g/mol. The van der Waals surface area contributed by atoms with Crippen molar-refractivity contribution >= 4 is 38.9 Å². The van der Waals surface area contributed by atoms with E-state index in [2.05, 4.69) is 26.2 Å². The Hall–Kier alpha value is -2.29. The molecule has 0 saturated heterocycles. The Morgan fingerprint density at radius 3 is 2.60 bits per heavy atom. The lowest BCUT2D eigenvalue weighted by atomic mass is 10.3. The van der Waals surface area contributed by atoms with Crippen LogP contribution in [0.2, 0.25) is 0 Å². The number of hydrogen-bond acceptors (Lipinski definition) is 5. The zero-order chi connectivity index (χ0) is 14.9. The van der Waals surface area contributed by atoms with E-state index < -0.39 is 16.6 Å². The van der Waals surface area contributed by atoms with Crippen LogP contribution < -0.4 is 11.1 Å². The lowest BCUT2D eigenvalue weighted by Crippen LogP contribution is -2.03. The molecule has 0 bridgehead atoms. The molecule has 0 aliphatic rings. The molecular formula is C11H7BrF2N4O2. The number of anilines is 3. The number of rotatable bonds is 3. The van der Waals surface area contributed by atoms with Gasteiger partial charge in [0.05, 0.1) is 10.6 Å². The van der Waals surface area contributed by atoms with Gasteiger partial charge in [0, 0.05) is 16.6 Å². The van der Waals surface area contributed by atoms with Gasteiger partial charge < -0.3 is 11.1 Å². The van der Waals surface area contributed by atoms with Gasteiger partial charge in [0.2, 0.25) is 5.82 Å². The molecule has 0 radical (unpaired) electrons. The molecule has 1 heterocycles. The molecule has 104 valence electrons. The summed E-state index contributed by atoms with van der Waals surface area (Å²) < 4.78 is 26.7. The Balaban J connectivity index is 2.36. The first-order chi connectivity index (χ1) is 9.38. The van der Waals surface area contributed by atoms with Crippen molar-refractivity contribution in [2.75, 3.05) is 11.1 Å². The lowest BCUT2D eigenvalue weighted by molar-refractivity contribution is -0.384. The molecule has 0 aliphatic heterocycles. The highest BCUT2D eigenvalue weighted by molar-refractivity contribution is 9.10. The molecule has 1 aromatic heterocycles. The average Bonchev–Trinajstić information content (AvgIpc) is 2.33. The highest BCUT2D eigenvalue weighted by atomic mass is 79.9. The number of nitrogens with two attached hydrogens (primary N) is 1. The van der Waals surface area contributed by atoms with E-state index in [0.29, 0.717) is 6.07 Å². The van der Waals surface area contributed by atoms with Crippen molar-refractivity contribution in [1.82, 2.24) is 4.98 Å². The summed E-state index contributed by atoms with van der Waals surface area (Å²) in [5.41, 5.74) is 5.02. The normalized spacial score (nSPS) is 10.3. The number of nitrogen functional groups attached to an aromatic ring is 1. The Labute approximate surface area is 119 Å². The maximum atomic E-state index is 13.6. The van der Waals surface area contributed by atoms with Crippen molar-refractivity contribution in [1.29, 1.82) is 0 Å². The van der Waals surface area contributed by atoms with Crippen LogP contribution in [0.25, 0.3) is 0 Å². The number of aromatic nitrogens is 1. The van der Waals surface area contributed by atoms with E-state index in [9.17, 15) is 18.9 Å². The largest absolute Gasteiger partial charge is 0.378 e. The fourth-order valence-electron chi connectivity index (χ4n) is 1.48. The van der Waals surface area contributed by atoms with E-state index in [1.54, 1.807) is 0 Å². The maximum Gasteiger partial charge on any atom is 0.311 e. The van der Waals surface area contributed by atoms with Crippen LogP contribution >= 0.6 is 15.9 Å². The molecule has 0 fully saturated rings. The smallest absolute Gasteiger partial charge is 0.311 e. The molecule has 1 aromatic carbocycles. The van der Waals surface area contributed by atoms with Crippen molar-refractivity contribution in [3.8, 4) is 0 Å². The van der Waals surface area contributed by atoms with E-state index in [1.165, 1.54) is 6.07 Å². The minimum absolute atomic E-state index is 0.0489. The third-order valence-corrected chi connectivity index (χ3v) is 2.98. The Morgan fingerprint density at radius 2 is 2.05 bits per heavy atom. The van der Waals surface area contributed by atoms with Gasteiger partial charge in [-0.1, -0.05) is 0 Å². The van der Waals surface area contributed by atoms with Gasteiger partial charge in [0.25, 0.3) is 0 Å². The molecular weight excluding hydrogens is 338 g/mol. The predicted molar refractivity (Wildman–Crippen MR) is 72.6 cm³/mol. The summed E-state index contributed by atoms with van der Waals surface area (Å²) in [6.45, 7) is 0. The van der Waals surface area contributed by atoms with Gasteiger partial charge in [-0.05, 0) is 28.1 Å². The summed E-state index contributed by atoms with van der Waals surface area (Å²) in [4.78, 5) is 13.7. The average molecular weight is 345 g/mol. The molecule has 20 heavy (non-hydrogen) atoms. The molecule has 0 atom stereocenters. The van der Waals surface area contributed by atoms with Gasteiger partial charge in [0.1, 0.15) is 11.6 Å². The van der Waals surface area contributed by atoms with Crippen molar-refractivity contribution in [3.63, 3.8) is 0 Å². The van der Waals surface area contributed by atoms with Crippen LogP contribution in [0.3, 0.4) is 0 Å². The molecule has 2 rings (SSSR count). The van der Waals surface area contributed by atoms with E-state index >= 15 is 0 Å². The Kier molecular flexibility index (Phi) is 3.79. The molecule has 0 saturated carbocycles. The van der Waals surface area contributed by atoms with E-state index in [-0.39, 0.29) is 27.5 Å². The fraction of sp³-hybridized carbons (Fsp3) is 0. The van der Waals surface area contributed by atoms with Crippen molar-refractivity contribution in [3.05, 3.63) is 50.5 Å². The Bertz CT molecular complexity index is 673. The molecule has 0 spiro atoms. The van der Waals surface area contributed by atoms with Gasteiger partial charge in [0.15, 0.2) is 5.82 Å². The first-order valence-electron chi connectivity index (χ1n) is 5.21. The SMILES string of the molecule is Nc1nc(Nc2c(F)cc(F)cc2Br)ccc1[N+](=O)[O-]. The zero-order valence-electron chi connectivity index (χ0n) is 9.73. The summed E-state index contributed by atoms with van der Waals surface area (Å²) in [5, 5.41) is 13.2. The van der Waals surface area contributed by atoms with Gasteiger partial charge in [-0.3, -0.25) is 10.1 Å². The van der Waals surface area contributed by atoms with Gasteiger partial charge in [-0.25, -0.2) is 13.8 Å². The summed E-state index contributed by atoms with van der Waals surface area (Å²) in [6, 6.07) is 4.17. The zero-order valence-corrected chi connectivity index (χ0v) is 11.3. The van der Waals surface area contributed by atoms with E-state index in [4.69, 9.17) is 5.73 Å². The van der Waals surface area contributed by atoms with Crippen LogP contribution in [0.4, 0.5) is 31.8 Å². The summed E-state index contributed by atoms with van der Waals surface area (Å²) in [6.07, 6.45) is 0. The second kappa shape index (κ2) is 5.37. The second-order valence-electron chi connectivity index (χ2n) is 3.73. The number of nitrogens with zero attached hydrogens (tertiary/aromatic N) is 2. The molecule has 0 amide bonds. The second-order valence-corrected chi connectivity index (χ2v) is 4.58. The minimum Gasteiger partial charge on any atom is -0.378 e. The third-order valence-electron chi connectivity index (χ3n) is 2.36. The van der Waals surface area contributed by atoms with Gasteiger partial charge in [-0.15, -0.1) is 0 Å². The lowest BCUT2D eigenvalue weighted by Gasteiger charge is -2.09. The van der Waals surface area contributed by atoms with E-state index in [1.807, 2.05) is 0 Å². The highest BCUT2D eigenvalue weighted by Gasteiger charge is 2.15. The number of nitro groups is 1. The number of benzene rings is 1. The van der Waals surface area contributed by atoms with Gasteiger partial charge in [-0.2, -0.15) is 0 Å². The Morgan fingerprint density at radius 1 is 1.35 bits per heavy atom. The van der Waals surface area contributed by atoms with Crippen LogP contribution in [-0.4, -0.2) is 9.91 Å². The molecule has 9 heteroatoms. The molecule has 2 aromatic rings. The third kappa shape index (κ3) is 2.82. The van der Waals surface area contributed by atoms with Crippen molar-refractivity contribution in [2.24, 2.45) is 0 Å². The van der Waals surface area contributed by atoms with Crippen LogP contribution in [0.5, 0.6) is 0 Å². The fourth-order valence-corrected chi connectivity index (χ4v) is 1.99. The van der Waals surface area contributed by atoms with Crippen LogP contribution in [0.1, 0.15) is 0 Å². The number of hydrogen-bond donors (Lipinski definition) is 2. The standard InChI is InChI=1S/C11H7BrF2N4O2/c12-6-3-5(13)4-7(14)10(6)16-9-2-1-8(18(19)20)11(15)17-9/h1-4H,(H3,15,16,17). The summed E-state index contributed by atoms with van der Waals surface area (Å²) >= 11 is 3.00. The number of pyridine rings is 1. The number of halogens is 3. The quantitative estimate of drug-likeness (QED) is 0.657. The first-order valence-corrected chi connectivity index (χ1v) is 6.00. The minimum atomic E-state index is -0.837. The van der Waals surface area contributed by atoms with Crippen molar-refractivity contribution in [2.45, 2.75) is 0 Å². The first kappa shape index (κ1) is 14.1. The topological polar surface area (TPSA) is 94.1 Å². The molecule has 3 N–H and O–H groups in total. The van der Waals surface area contributed by atoms with Crippen LogP contribution in [0.15, 0.2) is 28.7 Å². The van der Waals surface area contributed by atoms with E-state index in [0.717, 1.165) is 12.1 Å². The molecule has 0 aliphatic carbocycles. The highest BCUT2D eigenvalue weighted by Crippen LogP contribution is 2.30. The summed E-state index contributed by atoms with van der Waals surface area (Å²) in [7, 11) is 0. The predicted octanol–water partition coefficient (Wildman–Crippen LogP) is 3.36. The number of nitrogens with one attached hydrogen (secondary N) is 1. The summed E-state index contributed by atoms with van der Waals surface area (Å²) in [5.74, 6) is -1.79. The van der Waals surface area contributed by atoms with Crippen LogP contribution in [0, 0.1) is 21.7 Å².